The van der Waals surface area contributed by atoms with Crippen LogP contribution in [0.4, 0.5) is 11.4 Å². The molecular formula is C24H20N2O5S. The topological polar surface area (TPSA) is 84.9 Å². The van der Waals surface area contributed by atoms with E-state index < -0.39 is 18.5 Å². The summed E-state index contributed by atoms with van der Waals surface area (Å²) in [6, 6.07) is 21.6. The lowest BCUT2D eigenvalue weighted by Crippen LogP contribution is -2.35. The maximum atomic E-state index is 13.0. The molecule has 0 aliphatic carbocycles. The summed E-state index contributed by atoms with van der Waals surface area (Å²) in [5.41, 5.74) is 1.86. The van der Waals surface area contributed by atoms with Crippen LogP contribution in [0, 0.1) is 0 Å². The van der Waals surface area contributed by atoms with E-state index in [1.807, 2.05) is 48.5 Å². The lowest BCUT2D eigenvalue weighted by atomic mass is 10.2. The Kier molecular flexibility index (Phi) is 6.42. The average molecular weight is 449 g/mol. The van der Waals surface area contributed by atoms with Crippen molar-refractivity contribution in [2.45, 2.75) is 9.79 Å². The van der Waals surface area contributed by atoms with Crippen molar-refractivity contribution in [1.82, 2.24) is 5.32 Å². The quantitative estimate of drug-likeness (QED) is 0.578. The molecule has 32 heavy (non-hydrogen) atoms. The summed E-state index contributed by atoms with van der Waals surface area (Å²) in [4.78, 5) is 40.7. The molecule has 7 nitrogen and oxygen atoms in total. The molecule has 162 valence electrons. The van der Waals surface area contributed by atoms with Crippen LogP contribution in [-0.4, -0.2) is 38.0 Å². The highest BCUT2D eigenvalue weighted by molar-refractivity contribution is 7.99. The molecular weight excluding hydrogens is 428 g/mol. The summed E-state index contributed by atoms with van der Waals surface area (Å²) in [5, 5.41) is 2.49. The number of fused-ring (bicyclic) bond motifs is 2. The van der Waals surface area contributed by atoms with E-state index in [1.165, 1.54) is 7.11 Å². The van der Waals surface area contributed by atoms with Crippen molar-refractivity contribution in [3.05, 3.63) is 78.4 Å². The highest BCUT2D eigenvalue weighted by Crippen LogP contribution is 2.47. The lowest BCUT2D eigenvalue weighted by molar-refractivity contribution is -0.146. The first kappa shape index (κ1) is 21.5. The van der Waals surface area contributed by atoms with Crippen LogP contribution in [0.25, 0.3) is 0 Å². The number of nitrogens with one attached hydrogen (secondary N) is 1. The monoisotopic (exact) mass is 448 g/mol. The van der Waals surface area contributed by atoms with Gasteiger partial charge >= 0.3 is 5.97 Å². The molecule has 0 unspecified atom stereocenters. The van der Waals surface area contributed by atoms with Crippen molar-refractivity contribution in [1.29, 1.82) is 0 Å². The highest BCUT2D eigenvalue weighted by Gasteiger charge is 2.28. The Morgan fingerprint density at radius 2 is 1.47 bits per heavy atom. The average Bonchev–Trinajstić information content (AvgIpc) is 2.84. The number of hydrogen-bond donors (Lipinski definition) is 1. The van der Waals surface area contributed by atoms with E-state index >= 15 is 0 Å². The minimum Gasteiger partial charge on any atom is -0.497 e. The molecule has 4 rings (SSSR count). The van der Waals surface area contributed by atoms with Crippen molar-refractivity contribution >= 4 is 40.9 Å². The number of methoxy groups -OCH3 is 1. The van der Waals surface area contributed by atoms with E-state index in [9.17, 15) is 14.4 Å². The standard InChI is InChI=1S/C24H20N2O5S/c1-30-17-12-10-16(11-13-17)24(29)25-14-23(28)31-15-22(27)26-18-6-2-4-8-20(18)32-21-9-5-3-7-19(21)26/h2-13H,14-15H2,1H3,(H,25,29). The van der Waals surface area contributed by atoms with E-state index in [-0.39, 0.29) is 12.5 Å². The second-order valence-corrected chi connectivity index (χ2v) is 7.92. The van der Waals surface area contributed by atoms with Gasteiger partial charge in [-0.15, -0.1) is 0 Å². The number of esters is 1. The third-order valence-electron chi connectivity index (χ3n) is 4.78. The Bertz CT molecular complexity index is 1120. The van der Waals surface area contributed by atoms with E-state index in [0.29, 0.717) is 11.3 Å². The van der Waals surface area contributed by atoms with Crippen LogP contribution in [0.15, 0.2) is 82.6 Å². The van der Waals surface area contributed by atoms with Crippen molar-refractivity contribution in [3.63, 3.8) is 0 Å². The van der Waals surface area contributed by atoms with Gasteiger partial charge in [0.1, 0.15) is 12.3 Å². The maximum Gasteiger partial charge on any atom is 0.325 e. The van der Waals surface area contributed by atoms with Gasteiger partial charge in [0.2, 0.25) is 0 Å². The molecule has 8 heteroatoms. The zero-order chi connectivity index (χ0) is 22.5. The van der Waals surface area contributed by atoms with E-state index in [2.05, 4.69) is 5.32 Å². The third kappa shape index (κ3) is 4.60. The third-order valence-corrected chi connectivity index (χ3v) is 5.91. The lowest BCUT2D eigenvalue weighted by Gasteiger charge is -2.30. The van der Waals surface area contributed by atoms with Crippen LogP contribution >= 0.6 is 11.8 Å². The van der Waals surface area contributed by atoms with Gasteiger partial charge in [0.25, 0.3) is 11.8 Å². The van der Waals surface area contributed by atoms with Gasteiger partial charge in [-0.3, -0.25) is 19.3 Å². The molecule has 0 radical (unpaired) electrons. The SMILES string of the molecule is COc1ccc(C(=O)NCC(=O)OCC(=O)N2c3ccccc3Sc3ccccc32)cc1. The second kappa shape index (κ2) is 9.57. The van der Waals surface area contributed by atoms with Gasteiger partial charge in [0.15, 0.2) is 6.61 Å². The van der Waals surface area contributed by atoms with Gasteiger partial charge in [-0.05, 0) is 48.5 Å². The number of anilines is 2. The van der Waals surface area contributed by atoms with Crippen LogP contribution in [0.3, 0.4) is 0 Å². The molecule has 3 aromatic carbocycles. The molecule has 0 saturated carbocycles. The Hall–Kier alpha value is -3.78. The molecule has 0 atom stereocenters. The molecule has 0 fully saturated rings. The largest absolute Gasteiger partial charge is 0.497 e. The Morgan fingerprint density at radius 3 is 2.06 bits per heavy atom. The number of para-hydroxylation sites is 2. The van der Waals surface area contributed by atoms with Crippen LogP contribution in [0.1, 0.15) is 10.4 Å². The second-order valence-electron chi connectivity index (χ2n) is 6.84. The highest BCUT2D eigenvalue weighted by atomic mass is 32.2. The summed E-state index contributed by atoms with van der Waals surface area (Å²) in [7, 11) is 1.53. The van der Waals surface area contributed by atoms with Crippen molar-refractivity contribution in [2.75, 3.05) is 25.2 Å². The first-order valence-electron chi connectivity index (χ1n) is 9.83. The van der Waals surface area contributed by atoms with E-state index in [4.69, 9.17) is 9.47 Å². The summed E-state index contributed by atoms with van der Waals surface area (Å²) in [5.74, 6) is -0.876. The normalized spacial score (nSPS) is 11.7. The molecule has 3 aromatic rings. The van der Waals surface area contributed by atoms with E-state index in [0.717, 1.165) is 21.2 Å². The molecule has 1 heterocycles. The number of amides is 2. The maximum absolute atomic E-state index is 13.0. The number of carbonyl (C=O) groups excluding carboxylic acids is 3. The van der Waals surface area contributed by atoms with Gasteiger partial charge in [0, 0.05) is 15.4 Å². The van der Waals surface area contributed by atoms with Gasteiger partial charge in [-0.25, -0.2) is 0 Å². The fourth-order valence-corrected chi connectivity index (χ4v) is 4.29. The number of benzene rings is 3. The van der Waals surface area contributed by atoms with Gasteiger partial charge in [-0.1, -0.05) is 36.0 Å². The number of ether oxygens (including phenoxy) is 2. The zero-order valence-corrected chi connectivity index (χ0v) is 18.1. The predicted octanol–water partition coefficient (Wildman–Crippen LogP) is 3.80. The fraction of sp³-hybridized carbons (Fsp3) is 0.125. The van der Waals surface area contributed by atoms with Crippen molar-refractivity contribution < 1.29 is 23.9 Å². The number of nitrogens with zero attached hydrogens (tertiary/aromatic N) is 1. The van der Waals surface area contributed by atoms with Crippen LogP contribution < -0.4 is 15.0 Å². The summed E-state index contributed by atoms with van der Waals surface area (Å²) < 4.78 is 10.2. The summed E-state index contributed by atoms with van der Waals surface area (Å²) >= 11 is 1.58. The predicted molar refractivity (Wildman–Crippen MR) is 120 cm³/mol. The summed E-state index contributed by atoms with van der Waals surface area (Å²) in [6.45, 7) is -0.786. The smallest absolute Gasteiger partial charge is 0.325 e. The number of carbonyl (C=O) groups is 3. The van der Waals surface area contributed by atoms with Crippen molar-refractivity contribution in [3.8, 4) is 5.75 Å². The Labute approximate surface area is 189 Å². The minimum absolute atomic E-state index is 0.346. The minimum atomic E-state index is -0.701. The molecule has 1 aliphatic rings. The zero-order valence-electron chi connectivity index (χ0n) is 17.2. The molecule has 0 saturated heterocycles. The fourth-order valence-electron chi connectivity index (χ4n) is 3.23. The molecule has 1 aliphatic heterocycles. The molecule has 0 bridgehead atoms. The van der Waals surface area contributed by atoms with Crippen LogP contribution in [0.5, 0.6) is 5.75 Å². The number of rotatable bonds is 6. The molecule has 0 spiro atoms. The van der Waals surface area contributed by atoms with Crippen molar-refractivity contribution in [2.24, 2.45) is 0 Å². The number of hydrogen-bond acceptors (Lipinski definition) is 6. The van der Waals surface area contributed by atoms with Gasteiger partial charge in [-0.2, -0.15) is 0 Å². The molecule has 1 N–H and O–H groups in total. The van der Waals surface area contributed by atoms with E-state index in [1.54, 1.807) is 40.9 Å². The van der Waals surface area contributed by atoms with Gasteiger partial charge in [0.05, 0.1) is 18.5 Å². The Morgan fingerprint density at radius 1 is 0.875 bits per heavy atom. The first-order chi connectivity index (χ1) is 15.6. The molecule has 2 amide bonds. The first-order valence-corrected chi connectivity index (χ1v) is 10.6. The van der Waals surface area contributed by atoms with Crippen LogP contribution in [0.2, 0.25) is 0 Å². The van der Waals surface area contributed by atoms with Crippen LogP contribution in [-0.2, 0) is 14.3 Å². The molecule has 0 aromatic heterocycles. The Balaban J connectivity index is 1.36. The van der Waals surface area contributed by atoms with Gasteiger partial charge < -0.3 is 14.8 Å². The summed E-state index contributed by atoms with van der Waals surface area (Å²) in [6.07, 6.45) is 0.